The second-order valence-corrected chi connectivity index (χ2v) is 6.97. The Morgan fingerprint density at radius 3 is 2.33 bits per heavy atom. The molecular formula is C21H24N2O3S. The first kappa shape index (κ1) is 20.6. The number of amides is 1. The van der Waals surface area contributed by atoms with Gasteiger partial charge in [0.25, 0.3) is 0 Å². The molecule has 2 aromatic rings. The molecule has 2 N–H and O–H groups in total. The molecule has 0 spiro atoms. The van der Waals surface area contributed by atoms with E-state index >= 15 is 0 Å². The zero-order valence-corrected chi connectivity index (χ0v) is 16.3. The highest BCUT2D eigenvalue weighted by Gasteiger charge is 2.09. The van der Waals surface area contributed by atoms with Crippen LogP contribution in [0.3, 0.4) is 0 Å². The van der Waals surface area contributed by atoms with Crippen molar-refractivity contribution < 1.29 is 14.3 Å². The van der Waals surface area contributed by atoms with Gasteiger partial charge in [-0.15, -0.1) is 0 Å². The number of hydrogen-bond acceptors (Lipinski definition) is 4. The smallest absolute Gasteiger partial charge is 0.338 e. The van der Waals surface area contributed by atoms with Crippen LogP contribution in [0.4, 0.5) is 5.69 Å². The molecule has 1 amide bonds. The zero-order valence-electron chi connectivity index (χ0n) is 15.5. The molecule has 27 heavy (non-hydrogen) atoms. The van der Waals surface area contributed by atoms with E-state index in [2.05, 4.69) is 10.6 Å². The lowest BCUT2D eigenvalue weighted by Gasteiger charge is -2.11. The summed E-state index contributed by atoms with van der Waals surface area (Å²) in [5.41, 5.74) is 2.26. The van der Waals surface area contributed by atoms with E-state index in [4.69, 9.17) is 17.0 Å². The highest BCUT2D eigenvalue weighted by atomic mass is 32.1. The Labute approximate surface area is 165 Å². The summed E-state index contributed by atoms with van der Waals surface area (Å²) in [5.74, 6) is -0.213. The van der Waals surface area contributed by atoms with Crippen LogP contribution < -0.4 is 10.6 Å². The van der Waals surface area contributed by atoms with Gasteiger partial charge in [-0.1, -0.05) is 44.2 Å². The summed E-state index contributed by atoms with van der Waals surface area (Å²) in [6.07, 6.45) is 1.01. The van der Waals surface area contributed by atoms with E-state index < -0.39 is 0 Å². The normalized spacial score (nSPS) is 10.3. The quantitative estimate of drug-likeness (QED) is 0.559. The first-order valence-corrected chi connectivity index (χ1v) is 9.27. The summed E-state index contributed by atoms with van der Waals surface area (Å²) in [6, 6.07) is 16.6. The third-order valence-electron chi connectivity index (χ3n) is 3.66. The van der Waals surface area contributed by atoms with E-state index in [1.54, 1.807) is 24.3 Å². The lowest BCUT2D eigenvalue weighted by Crippen LogP contribution is -2.34. The molecule has 0 saturated carbocycles. The van der Waals surface area contributed by atoms with Crippen molar-refractivity contribution in [2.75, 3.05) is 11.9 Å². The van der Waals surface area contributed by atoms with Gasteiger partial charge in [-0.3, -0.25) is 4.79 Å². The number of aryl methyl sites for hydroxylation is 1. The predicted molar refractivity (Wildman–Crippen MR) is 111 cm³/mol. The van der Waals surface area contributed by atoms with E-state index in [9.17, 15) is 9.59 Å². The first-order valence-electron chi connectivity index (χ1n) is 8.86. The average molecular weight is 385 g/mol. The summed E-state index contributed by atoms with van der Waals surface area (Å²) in [6.45, 7) is 4.35. The zero-order chi connectivity index (χ0) is 19.6. The van der Waals surface area contributed by atoms with E-state index in [1.807, 2.05) is 44.2 Å². The molecule has 5 nitrogen and oxygen atoms in total. The topological polar surface area (TPSA) is 67.4 Å². The minimum absolute atomic E-state index is 0.148. The van der Waals surface area contributed by atoms with Crippen LogP contribution in [0.5, 0.6) is 0 Å². The van der Waals surface area contributed by atoms with Gasteiger partial charge >= 0.3 is 5.97 Å². The monoisotopic (exact) mass is 384 g/mol. The maximum absolute atomic E-state index is 12.0. The highest BCUT2D eigenvalue weighted by Crippen LogP contribution is 2.11. The van der Waals surface area contributed by atoms with Crippen molar-refractivity contribution in [3.63, 3.8) is 0 Å². The van der Waals surface area contributed by atoms with Gasteiger partial charge < -0.3 is 15.4 Å². The van der Waals surface area contributed by atoms with Crippen LogP contribution >= 0.6 is 12.2 Å². The minimum atomic E-state index is -0.355. The lowest BCUT2D eigenvalue weighted by molar-refractivity contribution is -0.119. The molecule has 0 fully saturated rings. The largest absolute Gasteiger partial charge is 0.462 e. The minimum Gasteiger partial charge on any atom is -0.462 e. The number of carbonyl (C=O) groups is 2. The van der Waals surface area contributed by atoms with Crippen LogP contribution in [0.25, 0.3) is 0 Å². The van der Waals surface area contributed by atoms with Gasteiger partial charge in [0.1, 0.15) is 0 Å². The Balaban J connectivity index is 1.78. The van der Waals surface area contributed by atoms with E-state index in [0.29, 0.717) is 30.7 Å². The van der Waals surface area contributed by atoms with Crippen molar-refractivity contribution >= 4 is 34.9 Å². The average Bonchev–Trinajstić information content (AvgIpc) is 2.65. The number of benzene rings is 2. The lowest BCUT2D eigenvalue weighted by atomic mass is 10.1. The Bertz CT molecular complexity index is 774. The van der Waals surface area contributed by atoms with Gasteiger partial charge in [-0.05, 0) is 54.4 Å². The van der Waals surface area contributed by atoms with Crippen molar-refractivity contribution in [1.29, 1.82) is 0 Å². The molecule has 0 atom stereocenters. The molecule has 0 aliphatic rings. The van der Waals surface area contributed by atoms with Gasteiger partial charge in [0.05, 0.1) is 12.2 Å². The molecule has 0 unspecified atom stereocenters. The molecule has 0 heterocycles. The Morgan fingerprint density at radius 2 is 1.70 bits per heavy atom. The second-order valence-electron chi connectivity index (χ2n) is 6.56. The van der Waals surface area contributed by atoms with Crippen LogP contribution in [0.1, 0.15) is 36.2 Å². The van der Waals surface area contributed by atoms with Crippen molar-refractivity contribution in [3.8, 4) is 0 Å². The number of hydrogen-bond donors (Lipinski definition) is 2. The maximum atomic E-state index is 12.0. The maximum Gasteiger partial charge on any atom is 0.338 e. The third kappa shape index (κ3) is 7.58. The number of ether oxygens (including phenoxy) is 1. The summed E-state index contributed by atoms with van der Waals surface area (Å²) in [4.78, 5) is 23.9. The van der Waals surface area contributed by atoms with Crippen LogP contribution in [0, 0.1) is 5.92 Å². The number of anilines is 1. The van der Waals surface area contributed by atoms with Crippen molar-refractivity contribution in [2.24, 2.45) is 5.92 Å². The van der Waals surface area contributed by atoms with Gasteiger partial charge in [0, 0.05) is 12.1 Å². The summed E-state index contributed by atoms with van der Waals surface area (Å²) >= 11 is 5.16. The molecule has 0 aliphatic heterocycles. The summed E-state index contributed by atoms with van der Waals surface area (Å²) in [5, 5.41) is 5.82. The Kier molecular flexibility index (Phi) is 7.95. The number of esters is 1. The molecular weight excluding hydrogens is 360 g/mol. The molecule has 2 aromatic carbocycles. The van der Waals surface area contributed by atoms with Gasteiger partial charge in [-0.25, -0.2) is 4.79 Å². The molecule has 0 aromatic heterocycles. The fourth-order valence-corrected chi connectivity index (χ4v) is 2.50. The van der Waals surface area contributed by atoms with Crippen LogP contribution in [-0.2, 0) is 16.0 Å². The molecule has 0 saturated heterocycles. The third-order valence-corrected chi connectivity index (χ3v) is 3.87. The number of thiocarbonyl (C=S) groups is 1. The van der Waals surface area contributed by atoms with Gasteiger partial charge in [0.2, 0.25) is 5.91 Å². The van der Waals surface area contributed by atoms with Gasteiger partial charge in [-0.2, -0.15) is 0 Å². The van der Waals surface area contributed by atoms with Gasteiger partial charge in [0.15, 0.2) is 5.11 Å². The molecule has 142 valence electrons. The fraction of sp³-hybridized carbons (Fsp3) is 0.286. The SMILES string of the molecule is CC(C)COC(=O)c1ccc(NC(=S)NC(=O)CCc2ccccc2)cc1. The predicted octanol–water partition coefficient (Wildman–Crippen LogP) is 3.95. The number of carbonyl (C=O) groups excluding carboxylic acids is 2. The highest BCUT2D eigenvalue weighted by molar-refractivity contribution is 7.80. The summed E-state index contributed by atoms with van der Waals surface area (Å²) < 4.78 is 5.18. The van der Waals surface area contributed by atoms with Crippen molar-refractivity contribution in [1.82, 2.24) is 5.32 Å². The second kappa shape index (κ2) is 10.4. The number of nitrogens with one attached hydrogen (secondary N) is 2. The van der Waals surface area contributed by atoms with Crippen molar-refractivity contribution in [2.45, 2.75) is 26.7 Å². The number of rotatable bonds is 7. The van der Waals surface area contributed by atoms with E-state index in [1.165, 1.54) is 0 Å². The molecule has 0 aliphatic carbocycles. The standard InChI is InChI=1S/C21H24N2O3S/c1-15(2)14-26-20(25)17-9-11-18(12-10-17)22-21(27)23-19(24)13-8-16-6-4-3-5-7-16/h3-7,9-12,15H,8,13-14H2,1-2H3,(H2,22,23,24,27). The van der Waals surface area contributed by atoms with Crippen LogP contribution in [0.15, 0.2) is 54.6 Å². The van der Waals surface area contributed by atoms with Crippen LogP contribution in [-0.4, -0.2) is 23.6 Å². The fourth-order valence-electron chi connectivity index (χ4n) is 2.27. The Morgan fingerprint density at radius 1 is 1.04 bits per heavy atom. The van der Waals surface area contributed by atoms with E-state index in [0.717, 1.165) is 5.56 Å². The molecule has 0 radical (unpaired) electrons. The molecule has 6 heteroatoms. The first-order chi connectivity index (χ1) is 12.9. The summed E-state index contributed by atoms with van der Waals surface area (Å²) in [7, 11) is 0. The van der Waals surface area contributed by atoms with Crippen molar-refractivity contribution in [3.05, 3.63) is 65.7 Å². The molecule has 0 bridgehead atoms. The van der Waals surface area contributed by atoms with Crippen LogP contribution in [0.2, 0.25) is 0 Å². The molecule has 2 rings (SSSR count). The Hall–Kier alpha value is -2.73. The van der Waals surface area contributed by atoms with E-state index in [-0.39, 0.29) is 22.9 Å².